The van der Waals surface area contributed by atoms with Gasteiger partial charge in [0, 0.05) is 8.59 Å². The summed E-state index contributed by atoms with van der Waals surface area (Å²) >= 11 is 8.22. The molecule has 6 nitrogen and oxygen atoms in total. The molecule has 1 aliphatic heterocycles. The second-order valence-corrected chi connectivity index (χ2v) is 8.60. The first-order chi connectivity index (χ1) is 15.4. The number of hydrogen-bond donors (Lipinski definition) is 1. The molecule has 0 radical (unpaired) electrons. The van der Waals surface area contributed by atoms with E-state index in [0.29, 0.717) is 22.9 Å². The molecule has 0 aliphatic carbocycles. The fraction of sp³-hybridized carbons (Fsp3) is 0.0417. The van der Waals surface area contributed by atoms with Crippen molar-refractivity contribution in [3.8, 4) is 5.75 Å². The van der Waals surface area contributed by atoms with Crippen molar-refractivity contribution in [3.05, 3.63) is 98.1 Å². The van der Waals surface area contributed by atoms with Crippen LogP contribution in [0.5, 0.6) is 5.75 Å². The van der Waals surface area contributed by atoms with Crippen molar-refractivity contribution in [2.45, 2.75) is 6.61 Å². The van der Waals surface area contributed by atoms with Gasteiger partial charge in [-0.1, -0.05) is 41.9 Å². The first-order valence-electron chi connectivity index (χ1n) is 9.55. The first kappa shape index (κ1) is 22.0. The normalized spacial score (nSPS) is 15.1. The number of ether oxygens (including phenoxy) is 1. The SMILES string of the molecule is O=C1NC(=O)N(c2cccc(Cl)c2)C(=O)/C1=C/c1ccc(OCc2ccc(I)cc2)cc1. The average Bonchev–Trinajstić information content (AvgIpc) is 2.77. The molecular weight excluding hydrogens is 543 g/mol. The highest BCUT2D eigenvalue weighted by Crippen LogP contribution is 2.25. The molecule has 3 aromatic carbocycles. The molecule has 0 aromatic heterocycles. The Bertz CT molecular complexity index is 1220. The van der Waals surface area contributed by atoms with Gasteiger partial charge in [-0.3, -0.25) is 14.9 Å². The molecule has 0 atom stereocenters. The number of nitrogens with one attached hydrogen (secondary N) is 1. The number of nitrogens with zero attached hydrogens (tertiary/aromatic N) is 1. The molecule has 1 N–H and O–H groups in total. The largest absolute Gasteiger partial charge is 0.489 e. The van der Waals surface area contributed by atoms with E-state index in [9.17, 15) is 14.4 Å². The number of rotatable bonds is 5. The van der Waals surface area contributed by atoms with Crippen molar-refractivity contribution in [2.24, 2.45) is 0 Å². The van der Waals surface area contributed by atoms with Gasteiger partial charge in [0.2, 0.25) is 0 Å². The molecule has 0 unspecified atom stereocenters. The van der Waals surface area contributed by atoms with Crippen LogP contribution < -0.4 is 15.0 Å². The van der Waals surface area contributed by atoms with Crippen molar-refractivity contribution in [1.29, 1.82) is 0 Å². The highest BCUT2D eigenvalue weighted by Gasteiger charge is 2.36. The maximum Gasteiger partial charge on any atom is 0.335 e. The van der Waals surface area contributed by atoms with E-state index in [1.165, 1.54) is 12.1 Å². The minimum Gasteiger partial charge on any atom is -0.489 e. The summed E-state index contributed by atoms with van der Waals surface area (Å²) in [5, 5.41) is 2.56. The zero-order valence-electron chi connectivity index (χ0n) is 16.5. The summed E-state index contributed by atoms with van der Waals surface area (Å²) in [5.41, 5.74) is 1.78. The fourth-order valence-corrected chi connectivity index (χ4v) is 3.63. The fourth-order valence-electron chi connectivity index (χ4n) is 3.08. The second-order valence-electron chi connectivity index (χ2n) is 6.92. The Balaban J connectivity index is 1.51. The first-order valence-corrected chi connectivity index (χ1v) is 11.0. The molecule has 4 rings (SSSR count). The van der Waals surface area contributed by atoms with Crippen LogP contribution in [0.15, 0.2) is 78.4 Å². The smallest absolute Gasteiger partial charge is 0.335 e. The zero-order chi connectivity index (χ0) is 22.7. The number of carbonyl (C=O) groups excluding carboxylic acids is 3. The number of amides is 4. The lowest BCUT2D eigenvalue weighted by molar-refractivity contribution is -0.122. The van der Waals surface area contributed by atoms with Gasteiger partial charge in [0.1, 0.15) is 17.9 Å². The molecule has 3 aromatic rings. The Morgan fingerprint density at radius 2 is 1.69 bits per heavy atom. The van der Waals surface area contributed by atoms with Gasteiger partial charge in [0.05, 0.1) is 5.69 Å². The van der Waals surface area contributed by atoms with Crippen molar-refractivity contribution < 1.29 is 19.1 Å². The molecule has 0 saturated carbocycles. The number of hydrogen-bond acceptors (Lipinski definition) is 4. The summed E-state index contributed by atoms with van der Waals surface area (Å²) in [6.07, 6.45) is 1.44. The van der Waals surface area contributed by atoms with Gasteiger partial charge < -0.3 is 4.74 Å². The maximum absolute atomic E-state index is 12.9. The molecule has 1 heterocycles. The number of urea groups is 1. The Labute approximate surface area is 203 Å². The van der Waals surface area contributed by atoms with Crippen LogP contribution in [0.3, 0.4) is 0 Å². The Kier molecular flexibility index (Phi) is 6.57. The summed E-state index contributed by atoms with van der Waals surface area (Å²) < 4.78 is 6.94. The summed E-state index contributed by atoms with van der Waals surface area (Å²) in [7, 11) is 0. The van der Waals surface area contributed by atoms with Gasteiger partial charge in [-0.15, -0.1) is 0 Å². The number of anilines is 1. The molecule has 8 heteroatoms. The molecule has 1 fully saturated rings. The number of barbiturate groups is 1. The quantitative estimate of drug-likeness (QED) is 0.266. The summed E-state index contributed by atoms with van der Waals surface area (Å²) in [5.74, 6) is -0.821. The predicted molar refractivity (Wildman–Crippen MR) is 130 cm³/mol. The molecule has 1 aliphatic rings. The number of benzene rings is 3. The summed E-state index contributed by atoms with van der Waals surface area (Å²) in [6, 6.07) is 20.5. The van der Waals surface area contributed by atoms with Gasteiger partial charge in [0.15, 0.2) is 0 Å². The molecule has 0 spiro atoms. The Morgan fingerprint density at radius 1 is 0.969 bits per heavy atom. The van der Waals surface area contributed by atoms with Gasteiger partial charge in [-0.25, -0.2) is 9.69 Å². The van der Waals surface area contributed by atoms with Crippen LogP contribution in [0.2, 0.25) is 5.02 Å². The lowest BCUT2D eigenvalue weighted by Crippen LogP contribution is -2.54. The van der Waals surface area contributed by atoms with Crippen LogP contribution in [-0.2, 0) is 16.2 Å². The predicted octanol–water partition coefficient (Wildman–Crippen LogP) is 5.19. The van der Waals surface area contributed by atoms with E-state index < -0.39 is 17.8 Å². The monoisotopic (exact) mass is 558 g/mol. The summed E-state index contributed by atoms with van der Waals surface area (Å²) in [4.78, 5) is 38.4. The van der Waals surface area contributed by atoms with Crippen molar-refractivity contribution in [1.82, 2.24) is 5.32 Å². The van der Waals surface area contributed by atoms with Crippen molar-refractivity contribution >= 4 is 63.8 Å². The lowest BCUT2D eigenvalue weighted by Gasteiger charge is -2.26. The standard InChI is InChI=1S/C24H16ClIN2O4/c25-17-2-1-3-19(13-17)28-23(30)21(22(29)27-24(28)31)12-15-6-10-20(11-7-15)32-14-16-4-8-18(26)9-5-16/h1-13H,14H2,(H,27,29,31)/b21-12+. The minimum atomic E-state index is -0.821. The third kappa shape index (κ3) is 5.00. The van der Waals surface area contributed by atoms with E-state index in [1.54, 1.807) is 42.5 Å². The van der Waals surface area contributed by atoms with E-state index in [1.807, 2.05) is 24.3 Å². The van der Waals surface area contributed by atoms with E-state index in [2.05, 4.69) is 27.9 Å². The van der Waals surface area contributed by atoms with Gasteiger partial charge in [-0.2, -0.15) is 0 Å². The average molecular weight is 559 g/mol. The lowest BCUT2D eigenvalue weighted by atomic mass is 10.1. The van der Waals surface area contributed by atoms with Crippen LogP contribution in [-0.4, -0.2) is 17.8 Å². The number of carbonyl (C=O) groups is 3. The van der Waals surface area contributed by atoms with Crippen molar-refractivity contribution in [3.63, 3.8) is 0 Å². The number of imide groups is 2. The van der Waals surface area contributed by atoms with E-state index in [4.69, 9.17) is 16.3 Å². The maximum atomic E-state index is 12.9. The van der Waals surface area contributed by atoms with Crippen LogP contribution >= 0.6 is 34.2 Å². The molecule has 4 amide bonds. The van der Waals surface area contributed by atoms with E-state index >= 15 is 0 Å². The molecule has 0 bridgehead atoms. The third-order valence-electron chi connectivity index (χ3n) is 4.68. The Morgan fingerprint density at radius 3 is 2.38 bits per heavy atom. The van der Waals surface area contributed by atoms with Gasteiger partial charge >= 0.3 is 6.03 Å². The zero-order valence-corrected chi connectivity index (χ0v) is 19.5. The van der Waals surface area contributed by atoms with Crippen molar-refractivity contribution in [2.75, 3.05) is 4.90 Å². The molecule has 160 valence electrons. The van der Waals surface area contributed by atoms with Crippen LogP contribution in [0, 0.1) is 3.57 Å². The second kappa shape index (κ2) is 9.54. The topological polar surface area (TPSA) is 75.7 Å². The van der Waals surface area contributed by atoms with E-state index in [-0.39, 0.29) is 11.3 Å². The third-order valence-corrected chi connectivity index (χ3v) is 5.63. The molecular formula is C24H16ClIN2O4. The van der Waals surface area contributed by atoms with Gasteiger partial charge in [0.25, 0.3) is 11.8 Å². The highest BCUT2D eigenvalue weighted by atomic mass is 127. The minimum absolute atomic E-state index is 0.155. The molecule has 1 saturated heterocycles. The van der Waals surface area contributed by atoms with Crippen LogP contribution in [0.1, 0.15) is 11.1 Å². The summed E-state index contributed by atoms with van der Waals surface area (Å²) in [6.45, 7) is 0.426. The van der Waals surface area contributed by atoms with Crippen LogP contribution in [0.25, 0.3) is 6.08 Å². The highest BCUT2D eigenvalue weighted by molar-refractivity contribution is 14.1. The van der Waals surface area contributed by atoms with Crippen LogP contribution in [0.4, 0.5) is 10.5 Å². The molecule has 32 heavy (non-hydrogen) atoms. The van der Waals surface area contributed by atoms with E-state index in [0.717, 1.165) is 14.0 Å². The number of halogens is 2. The Hall–Kier alpha value is -3.17. The van der Waals surface area contributed by atoms with Gasteiger partial charge in [-0.05, 0) is 82.3 Å².